The third-order valence-electron chi connectivity index (χ3n) is 2.10. The SMILES string of the molecule is C[C@@H](O)CNC(=O)c1ccc(S(C)(=O)=O)cc1. The summed E-state index contributed by atoms with van der Waals surface area (Å²) in [5, 5.41) is 11.5. The lowest BCUT2D eigenvalue weighted by Gasteiger charge is -2.07. The zero-order valence-electron chi connectivity index (χ0n) is 9.67. The molecule has 0 spiro atoms. The van der Waals surface area contributed by atoms with Gasteiger partial charge < -0.3 is 10.4 Å². The summed E-state index contributed by atoms with van der Waals surface area (Å²) in [6, 6.07) is 5.64. The summed E-state index contributed by atoms with van der Waals surface area (Å²) in [5.41, 5.74) is 0.359. The van der Waals surface area contributed by atoms with Crippen LogP contribution in [0.25, 0.3) is 0 Å². The fourth-order valence-corrected chi connectivity index (χ4v) is 1.83. The molecule has 0 radical (unpaired) electrons. The summed E-state index contributed by atoms with van der Waals surface area (Å²) < 4.78 is 22.4. The van der Waals surface area contributed by atoms with Crippen molar-refractivity contribution in [2.45, 2.75) is 17.9 Å². The number of hydrogen-bond donors (Lipinski definition) is 2. The van der Waals surface area contributed by atoms with E-state index in [0.717, 1.165) is 6.26 Å². The lowest BCUT2D eigenvalue weighted by Crippen LogP contribution is -2.30. The molecule has 0 heterocycles. The second kappa shape index (κ2) is 5.29. The molecule has 5 nitrogen and oxygen atoms in total. The standard InChI is InChI=1S/C11H15NO4S/c1-8(13)7-12-11(14)9-3-5-10(6-4-9)17(2,15)16/h3-6,8,13H,7H2,1-2H3,(H,12,14)/t8-/m1/s1. The molecule has 1 atom stereocenters. The van der Waals surface area contributed by atoms with Crippen LogP contribution in [0.4, 0.5) is 0 Å². The Bertz CT molecular complexity index is 491. The van der Waals surface area contributed by atoms with Crippen molar-refractivity contribution < 1.29 is 18.3 Å². The van der Waals surface area contributed by atoms with E-state index in [0.29, 0.717) is 5.56 Å². The monoisotopic (exact) mass is 257 g/mol. The molecular weight excluding hydrogens is 242 g/mol. The Morgan fingerprint density at radius 1 is 1.35 bits per heavy atom. The van der Waals surface area contributed by atoms with Crippen molar-refractivity contribution in [2.75, 3.05) is 12.8 Å². The first-order valence-electron chi connectivity index (χ1n) is 5.07. The lowest BCUT2D eigenvalue weighted by molar-refractivity contribution is 0.0924. The largest absolute Gasteiger partial charge is 0.392 e. The predicted octanol–water partition coefficient (Wildman–Crippen LogP) is 0.201. The highest BCUT2D eigenvalue weighted by Crippen LogP contribution is 2.10. The van der Waals surface area contributed by atoms with E-state index in [1.807, 2.05) is 0 Å². The third kappa shape index (κ3) is 4.16. The van der Waals surface area contributed by atoms with Crippen LogP contribution in [0.2, 0.25) is 0 Å². The Kier molecular flexibility index (Phi) is 4.25. The number of aliphatic hydroxyl groups excluding tert-OH is 1. The van der Waals surface area contributed by atoms with E-state index in [4.69, 9.17) is 5.11 Å². The fraction of sp³-hybridized carbons (Fsp3) is 0.364. The molecule has 0 aromatic heterocycles. The van der Waals surface area contributed by atoms with Crippen LogP contribution in [0.1, 0.15) is 17.3 Å². The van der Waals surface area contributed by atoms with Crippen LogP contribution in [0, 0.1) is 0 Å². The van der Waals surface area contributed by atoms with Crippen molar-refractivity contribution >= 4 is 15.7 Å². The quantitative estimate of drug-likeness (QED) is 0.807. The molecular formula is C11H15NO4S. The van der Waals surface area contributed by atoms with E-state index in [1.165, 1.54) is 24.3 Å². The molecule has 0 bridgehead atoms. The Labute approximate surface area is 100 Å². The molecule has 1 amide bonds. The minimum absolute atomic E-state index is 0.159. The van der Waals surface area contributed by atoms with Gasteiger partial charge in [-0.15, -0.1) is 0 Å². The van der Waals surface area contributed by atoms with Gasteiger partial charge in [0.15, 0.2) is 9.84 Å². The highest BCUT2D eigenvalue weighted by atomic mass is 32.2. The van der Waals surface area contributed by atoms with Gasteiger partial charge in [0, 0.05) is 18.4 Å². The van der Waals surface area contributed by atoms with Gasteiger partial charge >= 0.3 is 0 Å². The van der Waals surface area contributed by atoms with Crippen LogP contribution >= 0.6 is 0 Å². The molecule has 6 heteroatoms. The molecule has 0 aliphatic rings. The van der Waals surface area contributed by atoms with Crippen LogP contribution in [-0.2, 0) is 9.84 Å². The summed E-state index contributed by atoms with van der Waals surface area (Å²) >= 11 is 0. The number of carbonyl (C=O) groups excluding carboxylic acids is 1. The first-order chi connectivity index (χ1) is 7.80. The van der Waals surface area contributed by atoms with Crippen LogP contribution in [0.5, 0.6) is 0 Å². The van der Waals surface area contributed by atoms with Crippen LogP contribution in [0.15, 0.2) is 29.2 Å². The summed E-state index contributed by atoms with van der Waals surface area (Å²) in [6.07, 6.45) is 0.490. The van der Waals surface area contributed by atoms with Gasteiger partial charge in [0.2, 0.25) is 0 Å². The molecule has 1 aromatic carbocycles. The van der Waals surface area contributed by atoms with Gasteiger partial charge in [-0.1, -0.05) is 0 Å². The van der Waals surface area contributed by atoms with Crippen LogP contribution < -0.4 is 5.32 Å². The number of amides is 1. The summed E-state index contributed by atoms with van der Waals surface area (Å²) in [5.74, 6) is -0.342. The van der Waals surface area contributed by atoms with Gasteiger partial charge in [-0.3, -0.25) is 4.79 Å². The molecule has 94 valence electrons. The highest BCUT2D eigenvalue weighted by molar-refractivity contribution is 7.90. The van der Waals surface area contributed by atoms with Gasteiger partial charge in [0.1, 0.15) is 0 Å². The first-order valence-corrected chi connectivity index (χ1v) is 6.96. The fourth-order valence-electron chi connectivity index (χ4n) is 1.20. The van der Waals surface area contributed by atoms with E-state index in [1.54, 1.807) is 6.92 Å². The van der Waals surface area contributed by atoms with Crippen molar-refractivity contribution in [1.82, 2.24) is 5.32 Å². The average Bonchev–Trinajstić information content (AvgIpc) is 2.25. The first kappa shape index (κ1) is 13.7. The third-order valence-corrected chi connectivity index (χ3v) is 3.23. The molecule has 0 saturated heterocycles. The minimum Gasteiger partial charge on any atom is -0.392 e. The maximum absolute atomic E-state index is 11.5. The maximum atomic E-state index is 11.5. The molecule has 0 unspecified atom stereocenters. The number of hydrogen-bond acceptors (Lipinski definition) is 4. The second-order valence-corrected chi connectivity index (χ2v) is 5.87. The van der Waals surface area contributed by atoms with Gasteiger partial charge in [0.05, 0.1) is 11.0 Å². The maximum Gasteiger partial charge on any atom is 0.251 e. The molecule has 0 fully saturated rings. The molecule has 0 aliphatic heterocycles. The van der Waals surface area contributed by atoms with E-state index in [2.05, 4.69) is 5.32 Å². The van der Waals surface area contributed by atoms with Crippen molar-refractivity contribution in [3.8, 4) is 0 Å². The Morgan fingerprint density at radius 2 is 1.88 bits per heavy atom. The molecule has 2 N–H and O–H groups in total. The van der Waals surface area contributed by atoms with E-state index in [9.17, 15) is 13.2 Å². The van der Waals surface area contributed by atoms with Gasteiger partial charge in [-0.05, 0) is 31.2 Å². The van der Waals surface area contributed by atoms with Gasteiger partial charge in [0.25, 0.3) is 5.91 Å². The van der Waals surface area contributed by atoms with Gasteiger partial charge in [-0.2, -0.15) is 0 Å². The number of rotatable bonds is 4. The highest BCUT2D eigenvalue weighted by Gasteiger charge is 2.09. The van der Waals surface area contributed by atoms with E-state index < -0.39 is 15.9 Å². The predicted molar refractivity (Wildman–Crippen MR) is 63.6 cm³/mol. The van der Waals surface area contributed by atoms with Crippen LogP contribution in [-0.4, -0.2) is 38.3 Å². The minimum atomic E-state index is -3.24. The smallest absolute Gasteiger partial charge is 0.251 e. The average molecular weight is 257 g/mol. The summed E-state index contributed by atoms with van der Waals surface area (Å²) in [6.45, 7) is 1.72. The molecule has 0 saturated carbocycles. The molecule has 17 heavy (non-hydrogen) atoms. The second-order valence-electron chi connectivity index (χ2n) is 3.86. The van der Waals surface area contributed by atoms with Crippen molar-refractivity contribution in [3.05, 3.63) is 29.8 Å². The van der Waals surface area contributed by atoms with Crippen LogP contribution in [0.3, 0.4) is 0 Å². The number of benzene rings is 1. The van der Waals surface area contributed by atoms with E-state index >= 15 is 0 Å². The Balaban J connectivity index is 2.78. The van der Waals surface area contributed by atoms with Crippen molar-refractivity contribution in [2.24, 2.45) is 0 Å². The number of carbonyl (C=O) groups is 1. The topological polar surface area (TPSA) is 83.5 Å². The zero-order valence-corrected chi connectivity index (χ0v) is 10.5. The zero-order chi connectivity index (χ0) is 13.1. The summed E-state index contributed by atoms with van der Waals surface area (Å²) in [4.78, 5) is 11.7. The number of sulfone groups is 1. The summed E-state index contributed by atoms with van der Waals surface area (Å²) in [7, 11) is -3.24. The van der Waals surface area contributed by atoms with Crippen molar-refractivity contribution in [3.63, 3.8) is 0 Å². The lowest BCUT2D eigenvalue weighted by atomic mass is 10.2. The van der Waals surface area contributed by atoms with Crippen molar-refractivity contribution in [1.29, 1.82) is 0 Å². The normalized spacial score (nSPS) is 13.1. The Hall–Kier alpha value is -1.40. The molecule has 1 rings (SSSR count). The Morgan fingerprint density at radius 3 is 2.29 bits per heavy atom. The number of nitrogens with one attached hydrogen (secondary N) is 1. The van der Waals surface area contributed by atoms with Gasteiger partial charge in [-0.25, -0.2) is 8.42 Å². The molecule has 1 aromatic rings. The number of aliphatic hydroxyl groups is 1. The molecule has 0 aliphatic carbocycles. The van der Waals surface area contributed by atoms with E-state index in [-0.39, 0.29) is 17.3 Å².